The molecule has 3 aromatic rings. The van der Waals surface area contributed by atoms with Gasteiger partial charge in [-0.25, -0.2) is 14.4 Å². The molecule has 0 aliphatic carbocycles. The number of ether oxygens (including phenoxy) is 2. The highest BCUT2D eigenvalue weighted by Gasteiger charge is 2.39. The van der Waals surface area contributed by atoms with Gasteiger partial charge in [-0.1, -0.05) is 0 Å². The van der Waals surface area contributed by atoms with Crippen molar-refractivity contribution in [2.24, 2.45) is 5.92 Å². The lowest BCUT2D eigenvalue weighted by Gasteiger charge is -2.34. The molecule has 1 aliphatic rings. The summed E-state index contributed by atoms with van der Waals surface area (Å²) in [6, 6.07) is 2.09. The summed E-state index contributed by atoms with van der Waals surface area (Å²) in [7, 11) is 0. The van der Waals surface area contributed by atoms with Crippen LogP contribution in [0, 0.1) is 11.7 Å². The molecule has 0 amide bonds. The minimum Gasteiger partial charge on any atom is -0.504 e. The number of hydrogen-bond donors (Lipinski definition) is 10. The van der Waals surface area contributed by atoms with Crippen molar-refractivity contribution in [1.29, 1.82) is 0 Å². The number of benzene rings is 2. The van der Waals surface area contributed by atoms with Gasteiger partial charge < -0.3 is 61.0 Å². The number of aliphatic hydroxyl groups is 5. The van der Waals surface area contributed by atoms with Crippen molar-refractivity contribution in [3.8, 4) is 28.7 Å². The van der Waals surface area contributed by atoms with Crippen LogP contribution in [0.5, 0.6) is 28.7 Å². The third-order valence-corrected chi connectivity index (χ3v) is 6.38. The van der Waals surface area contributed by atoms with E-state index < -0.39 is 62.8 Å². The number of aromatic nitrogens is 2. The Morgan fingerprint density at radius 1 is 0.946 bits per heavy atom. The molecule has 2 aromatic carbocycles. The van der Waals surface area contributed by atoms with E-state index in [9.17, 15) is 45.2 Å². The predicted molar refractivity (Wildman–Crippen MR) is 125 cm³/mol. The van der Waals surface area contributed by atoms with Gasteiger partial charge >= 0.3 is 12.1 Å². The van der Waals surface area contributed by atoms with Crippen molar-refractivity contribution in [3.05, 3.63) is 28.7 Å². The monoisotopic (exact) mass is 588 g/mol. The van der Waals surface area contributed by atoms with Crippen LogP contribution >= 0.6 is 15.9 Å². The van der Waals surface area contributed by atoms with Crippen LogP contribution in [0.15, 0.2) is 22.9 Å². The largest absolute Gasteiger partial charge is 0.504 e. The molecule has 0 spiro atoms. The second kappa shape index (κ2) is 9.90. The van der Waals surface area contributed by atoms with Crippen LogP contribution in [0.1, 0.15) is 12.8 Å². The molecule has 2 heterocycles. The molecule has 1 fully saturated rings. The number of aromatic hydroxyl groups is 3. The van der Waals surface area contributed by atoms with Crippen LogP contribution in [0.3, 0.4) is 0 Å². The van der Waals surface area contributed by atoms with E-state index in [-0.39, 0.29) is 16.7 Å². The average molecular weight is 589 g/mol. The smallest absolute Gasteiger partial charge is 0.453 e. The summed E-state index contributed by atoms with van der Waals surface area (Å²) < 4.78 is 24.2. The first-order valence-corrected chi connectivity index (χ1v) is 11.5. The molecular formula is C21H22BrFN4O10. The summed E-state index contributed by atoms with van der Waals surface area (Å²) in [6.45, 7) is 0.996. The van der Waals surface area contributed by atoms with Gasteiger partial charge in [-0.3, -0.25) is 0 Å². The van der Waals surface area contributed by atoms with Gasteiger partial charge in [-0.05, 0) is 47.9 Å². The standard InChI is InChI=1S/C21H22BrFN4O10/c22-13-16(28)14(23)15(18(30)17(13)29)27-19-9-5-11(37-21(33,34)35)12(6-10(9)25-7-26-19)36-20(31,32)8-1-3-24-4-2-8/h5-8,24,28-35H,1-4H2,(H,25,26,27). The number of anilines is 2. The van der Waals surface area contributed by atoms with E-state index >= 15 is 0 Å². The molecule has 37 heavy (non-hydrogen) atoms. The molecule has 0 saturated carbocycles. The molecule has 0 radical (unpaired) electrons. The maximum Gasteiger partial charge on any atom is 0.453 e. The molecule has 1 saturated heterocycles. The summed E-state index contributed by atoms with van der Waals surface area (Å²) in [5, 5.41) is 84.7. The maximum absolute atomic E-state index is 14.7. The average Bonchev–Trinajstić information content (AvgIpc) is 2.84. The van der Waals surface area contributed by atoms with Crippen LogP contribution in [0.25, 0.3) is 10.9 Å². The molecule has 14 nitrogen and oxygen atoms in total. The van der Waals surface area contributed by atoms with Crippen LogP contribution in [0.2, 0.25) is 0 Å². The predicted octanol–water partition coefficient (Wildman–Crippen LogP) is 0.376. The number of halogens is 2. The summed E-state index contributed by atoms with van der Waals surface area (Å²) in [4.78, 5) is 7.93. The van der Waals surface area contributed by atoms with Gasteiger partial charge in [0.15, 0.2) is 34.6 Å². The highest BCUT2D eigenvalue weighted by molar-refractivity contribution is 9.10. The minimum absolute atomic E-state index is 0.0193. The first kappa shape index (κ1) is 26.8. The summed E-state index contributed by atoms with van der Waals surface area (Å²) in [5.74, 6) is -8.98. The molecule has 0 unspecified atom stereocenters. The second-order valence-electron chi connectivity index (χ2n) is 8.17. The van der Waals surface area contributed by atoms with E-state index in [0.717, 1.165) is 18.5 Å². The van der Waals surface area contributed by atoms with Crippen molar-refractivity contribution in [3.63, 3.8) is 0 Å². The first-order valence-electron chi connectivity index (χ1n) is 10.7. The number of phenolic OH excluding ortho intramolecular Hbond substituents is 3. The number of phenols is 3. The van der Waals surface area contributed by atoms with Gasteiger partial charge in [0.1, 0.15) is 22.3 Å². The van der Waals surface area contributed by atoms with Crippen molar-refractivity contribution in [2.45, 2.75) is 25.0 Å². The van der Waals surface area contributed by atoms with E-state index in [0.29, 0.717) is 25.9 Å². The Balaban J connectivity index is 1.80. The SMILES string of the molecule is Oc1c(O)c(Nc2ncnc3cc(OC(O)(O)C4CCNCC4)c(OC(O)(O)O)cc23)c(F)c(O)c1Br. The van der Waals surface area contributed by atoms with Gasteiger partial charge in [-0.15, -0.1) is 0 Å². The quantitative estimate of drug-likeness (QED) is 0.102. The van der Waals surface area contributed by atoms with Crippen molar-refractivity contribution in [1.82, 2.24) is 15.3 Å². The number of nitrogens with zero attached hydrogens (tertiary/aromatic N) is 2. The Hall–Kier alpha value is -3.25. The Bertz CT molecular complexity index is 1300. The lowest BCUT2D eigenvalue weighted by Crippen LogP contribution is -2.48. The zero-order chi connectivity index (χ0) is 27.1. The molecule has 1 aliphatic heterocycles. The van der Waals surface area contributed by atoms with E-state index in [1.807, 2.05) is 0 Å². The fraction of sp³-hybridized carbons (Fsp3) is 0.333. The van der Waals surface area contributed by atoms with Crippen molar-refractivity contribution >= 4 is 38.3 Å². The molecular weight excluding hydrogens is 567 g/mol. The van der Waals surface area contributed by atoms with Crippen molar-refractivity contribution in [2.75, 3.05) is 18.4 Å². The molecule has 1 aromatic heterocycles. The number of piperidine rings is 1. The van der Waals surface area contributed by atoms with Crippen LogP contribution < -0.4 is 20.1 Å². The van der Waals surface area contributed by atoms with Crippen LogP contribution in [-0.4, -0.2) is 76.0 Å². The lowest BCUT2D eigenvalue weighted by molar-refractivity contribution is -0.420. The number of hydrogen-bond acceptors (Lipinski definition) is 14. The van der Waals surface area contributed by atoms with Gasteiger partial charge in [-0.2, -0.15) is 0 Å². The van der Waals surface area contributed by atoms with Crippen LogP contribution in [-0.2, 0) is 0 Å². The third kappa shape index (κ3) is 5.54. The fourth-order valence-corrected chi connectivity index (χ4v) is 4.16. The normalized spacial score (nSPS) is 15.1. The molecule has 200 valence electrons. The Labute approximate surface area is 215 Å². The number of nitrogens with one attached hydrogen (secondary N) is 2. The third-order valence-electron chi connectivity index (χ3n) is 5.63. The number of rotatable bonds is 7. The first-order chi connectivity index (χ1) is 17.3. The number of fused-ring (bicyclic) bond motifs is 1. The highest BCUT2D eigenvalue weighted by Crippen LogP contribution is 2.49. The summed E-state index contributed by atoms with van der Waals surface area (Å²) in [5.41, 5.74) is -0.747. The van der Waals surface area contributed by atoms with Crippen molar-refractivity contribution < 1.29 is 54.7 Å². The lowest BCUT2D eigenvalue weighted by atomic mass is 9.95. The second-order valence-corrected chi connectivity index (χ2v) is 8.97. The molecule has 0 atom stereocenters. The van der Waals surface area contributed by atoms with Gasteiger partial charge in [0, 0.05) is 11.5 Å². The fourth-order valence-electron chi connectivity index (χ4n) is 3.80. The zero-order valence-corrected chi connectivity index (χ0v) is 20.3. The van der Waals surface area contributed by atoms with Gasteiger partial charge in [0.05, 0.1) is 11.4 Å². The van der Waals surface area contributed by atoms with E-state index in [2.05, 4.69) is 36.5 Å². The maximum atomic E-state index is 14.7. The van der Waals surface area contributed by atoms with Gasteiger partial charge in [0.25, 0.3) is 0 Å². The zero-order valence-electron chi connectivity index (χ0n) is 18.7. The van der Waals surface area contributed by atoms with Crippen LogP contribution in [0.4, 0.5) is 15.9 Å². The molecule has 4 rings (SSSR count). The van der Waals surface area contributed by atoms with E-state index in [4.69, 9.17) is 9.47 Å². The Morgan fingerprint density at radius 3 is 2.24 bits per heavy atom. The minimum atomic E-state index is -3.72. The summed E-state index contributed by atoms with van der Waals surface area (Å²) >= 11 is 2.74. The molecule has 16 heteroatoms. The molecule has 10 N–H and O–H groups in total. The topological polar surface area (TPSA) is 230 Å². The van der Waals surface area contributed by atoms with E-state index in [1.165, 1.54) is 0 Å². The Kier molecular flexibility index (Phi) is 7.17. The summed E-state index contributed by atoms with van der Waals surface area (Å²) in [6.07, 6.45) is -2.02. The van der Waals surface area contributed by atoms with Gasteiger partial charge in [0.2, 0.25) is 0 Å². The Morgan fingerprint density at radius 2 is 1.59 bits per heavy atom. The molecule has 0 bridgehead atoms. The highest BCUT2D eigenvalue weighted by atomic mass is 79.9. The van der Waals surface area contributed by atoms with E-state index in [1.54, 1.807) is 0 Å².